The molecular weight excluding hydrogens is 606 g/mol. The van der Waals surface area contributed by atoms with Crippen molar-refractivity contribution in [1.29, 1.82) is 0 Å². The summed E-state index contributed by atoms with van der Waals surface area (Å²) in [6.45, 7) is 10.7. The number of thiophene rings is 1. The summed E-state index contributed by atoms with van der Waals surface area (Å²) in [5.74, 6) is 0. The van der Waals surface area contributed by atoms with Crippen LogP contribution in [0.5, 0.6) is 0 Å². The maximum Gasteiger partial charge on any atom is 0.0544 e. The van der Waals surface area contributed by atoms with Crippen molar-refractivity contribution in [2.45, 2.75) is 26.2 Å². The van der Waals surface area contributed by atoms with Crippen LogP contribution in [0.15, 0.2) is 126 Å². The maximum absolute atomic E-state index is 3.93. The molecule has 0 spiro atoms. The van der Waals surface area contributed by atoms with Crippen LogP contribution in [0.2, 0.25) is 0 Å². The maximum atomic E-state index is 3.93. The van der Waals surface area contributed by atoms with Crippen molar-refractivity contribution < 1.29 is 0 Å². The number of hydrogen-bond acceptors (Lipinski definition) is 1. The molecule has 0 bridgehead atoms. The van der Waals surface area contributed by atoms with Crippen molar-refractivity contribution >= 4 is 74.9 Å². The van der Waals surface area contributed by atoms with Crippen LogP contribution in [-0.2, 0) is 5.41 Å². The number of fused-ring (bicyclic) bond motifs is 9. The Morgan fingerprint density at radius 2 is 1.49 bits per heavy atom. The molecule has 7 aromatic rings. The van der Waals surface area contributed by atoms with Crippen LogP contribution < -0.4 is 0 Å². The largest absolute Gasteiger partial charge is 0.310 e. The Balaban J connectivity index is 1.45. The van der Waals surface area contributed by atoms with Crippen LogP contribution in [0.1, 0.15) is 31.9 Å². The van der Waals surface area contributed by atoms with Gasteiger partial charge in [0.25, 0.3) is 0 Å². The number of nitrogens with zero attached hydrogens (tertiary/aromatic N) is 1. The van der Waals surface area contributed by atoms with Crippen molar-refractivity contribution in [3.8, 4) is 22.3 Å². The third kappa shape index (κ3) is 3.75. The topological polar surface area (TPSA) is 4.93 Å². The third-order valence-electron chi connectivity index (χ3n) is 9.21. The van der Waals surface area contributed by atoms with E-state index < -0.39 is 0 Å². The summed E-state index contributed by atoms with van der Waals surface area (Å²) in [7, 11) is 0. The van der Waals surface area contributed by atoms with Gasteiger partial charge in [-0.2, -0.15) is 0 Å². The summed E-state index contributed by atoms with van der Waals surface area (Å²) < 4.78 is 6.20. The van der Waals surface area contributed by atoms with E-state index in [0.717, 1.165) is 10.2 Å². The van der Waals surface area contributed by atoms with Gasteiger partial charge in [0.2, 0.25) is 0 Å². The molecule has 3 heteroatoms. The molecule has 0 saturated heterocycles. The van der Waals surface area contributed by atoms with Gasteiger partial charge in [-0.1, -0.05) is 99.3 Å². The van der Waals surface area contributed by atoms with Crippen molar-refractivity contribution in [3.63, 3.8) is 0 Å². The Bertz CT molecular complexity index is 2360. The lowest BCUT2D eigenvalue weighted by molar-refractivity contribution is 0.661. The highest BCUT2D eigenvalue weighted by atomic mass is 79.9. The highest BCUT2D eigenvalue weighted by molar-refractivity contribution is 9.10. The molecule has 2 aromatic heterocycles. The number of rotatable bonds is 4. The quantitative estimate of drug-likeness (QED) is 0.169. The van der Waals surface area contributed by atoms with E-state index in [9.17, 15) is 0 Å². The Morgan fingerprint density at radius 3 is 2.30 bits per heavy atom. The lowest BCUT2D eigenvalue weighted by Crippen LogP contribution is -2.15. The minimum absolute atomic E-state index is 0.0648. The molecule has 208 valence electrons. The average molecular weight is 637 g/mol. The summed E-state index contributed by atoms with van der Waals surface area (Å²) >= 11 is 5.66. The Hall–Kier alpha value is -4.18. The molecule has 0 N–H and O–H groups in total. The standard InChI is InChI=1S/C40H30BrNS/c1-5-7-12-25(6-2)42-36-20-19-24(26-14-10-15-28-29-16-11-18-35(41)39(29)43-38(26)28)21-31(36)32-22-30-27-13-8-9-17-33(27)40(3,4)34(30)23-37(32)42/h5-23H,1H2,2-4H3/b12-7-,25-6+. The number of allylic oxidation sites excluding steroid dienone is 5. The summed E-state index contributed by atoms with van der Waals surface area (Å²) in [5.41, 5.74) is 11.5. The minimum Gasteiger partial charge on any atom is -0.310 e. The molecule has 1 nitrogen and oxygen atoms in total. The summed E-state index contributed by atoms with van der Waals surface area (Å²) in [6.07, 6.45) is 8.21. The fourth-order valence-corrected chi connectivity index (χ4v) is 8.99. The van der Waals surface area contributed by atoms with E-state index in [1.54, 1.807) is 0 Å². The highest BCUT2D eigenvalue weighted by Gasteiger charge is 2.36. The highest BCUT2D eigenvalue weighted by Crippen LogP contribution is 2.51. The molecule has 1 aliphatic carbocycles. The molecule has 1 aliphatic rings. The van der Waals surface area contributed by atoms with Gasteiger partial charge in [0.15, 0.2) is 0 Å². The third-order valence-corrected chi connectivity index (χ3v) is 11.4. The fraction of sp³-hybridized carbons (Fsp3) is 0.100. The fourth-order valence-electron chi connectivity index (χ4n) is 7.14. The van der Waals surface area contributed by atoms with Gasteiger partial charge in [-0.15, -0.1) is 11.3 Å². The summed E-state index contributed by atoms with van der Waals surface area (Å²) in [4.78, 5) is 0. The first-order valence-corrected chi connectivity index (χ1v) is 16.3. The van der Waals surface area contributed by atoms with E-state index in [0.29, 0.717) is 0 Å². The van der Waals surface area contributed by atoms with E-state index >= 15 is 0 Å². The zero-order chi connectivity index (χ0) is 29.5. The normalized spacial score (nSPS) is 14.4. The van der Waals surface area contributed by atoms with Crippen LogP contribution >= 0.6 is 27.3 Å². The van der Waals surface area contributed by atoms with Gasteiger partial charge < -0.3 is 4.57 Å². The zero-order valence-electron chi connectivity index (χ0n) is 24.4. The van der Waals surface area contributed by atoms with Gasteiger partial charge >= 0.3 is 0 Å². The molecular formula is C40H30BrNS. The Labute approximate surface area is 264 Å². The predicted octanol–water partition coefficient (Wildman–Crippen LogP) is 12.5. The number of halogens is 1. The molecule has 0 fully saturated rings. The molecule has 0 aliphatic heterocycles. The SMILES string of the molecule is C=C/C=C\C(=C/C)n1c2ccc(-c3cccc4c3sc3c(Br)cccc34)cc2c2cc3c(cc21)C(C)(C)c1ccccc1-3. The second-order valence-electron chi connectivity index (χ2n) is 11.9. The average Bonchev–Trinajstić information content (AvgIpc) is 3.64. The van der Waals surface area contributed by atoms with Crippen LogP contribution in [0.25, 0.3) is 69.9 Å². The predicted molar refractivity (Wildman–Crippen MR) is 192 cm³/mol. The molecule has 0 amide bonds. The second kappa shape index (κ2) is 9.67. The number of benzene rings is 5. The van der Waals surface area contributed by atoms with Gasteiger partial charge in [-0.25, -0.2) is 0 Å². The van der Waals surface area contributed by atoms with Crippen LogP contribution in [-0.4, -0.2) is 4.57 Å². The van der Waals surface area contributed by atoms with Crippen molar-refractivity contribution in [2.24, 2.45) is 0 Å². The van der Waals surface area contributed by atoms with E-state index in [2.05, 4.69) is 151 Å². The zero-order valence-corrected chi connectivity index (χ0v) is 26.8. The molecule has 8 rings (SSSR count). The monoisotopic (exact) mass is 635 g/mol. The van der Waals surface area contributed by atoms with Crippen molar-refractivity contribution in [3.05, 3.63) is 137 Å². The Morgan fingerprint density at radius 1 is 0.744 bits per heavy atom. The molecule has 43 heavy (non-hydrogen) atoms. The van der Waals surface area contributed by atoms with Crippen LogP contribution in [0.4, 0.5) is 0 Å². The van der Waals surface area contributed by atoms with Gasteiger partial charge in [0, 0.05) is 46.5 Å². The minimum atomic E-state index is -0.0648. The number of aromatic nitrogens is 1. The Kier molecular flexibility index (Phi) is 5.95. The van der Waals surface area contributed by atoms with Gasteiger partial charge in [0.05, 0.1) is 11.0 Å². The first-order valence-electron chi connectivity index (χ1n) is 14.7. The van der Waals surface area contributed by atoms with E-state index in [1.807, 2.05) is 23.5 Å². The van der Waals surface area contributed by atoms with Gasteiger partial charge in [-0.05, 0) is 92.6 Å². The molecule has 0 radical (unpaired) electrons. The van der Waals surface area contributed by atoms with Crippen molar-refractivity contribution in [1.82, 2.24) is 4.57 Å². The lowest BCUT2D eigenvalue weighted by Gasteiger charge is -2.21. The second-order valence-corrected chi connectivity index (χ2v) is 13.7. The molecule has 5 aromatic carbocycles. The number of hydrogen-bond donors (Lipinski definition) is 0. The van der Waals surface area contributed by atoms with Crippen LogP contribution in [0, 0.1) is 0 Å². The molecule has 2 heterocycles. The summed E-state index contributed by atoms with van der Waals surface area (Å²) in [5, 5.41) is 5.16. The van der Waals surface area contributed by atoms with E-state index in [-0.39, 0.29) is 5.41 Å². The smallest absolute Gasteiger partial charge is 0.0544 e. The van der Waals surface area contributed by atoms with Crippen LogP contribution in [0.3, 0.4) is 0 Å². The molecule has 0 atom stereocenters. The molecule has 0 unspecified atom stereocenters. The summed E-state index contributed by atoms with van der Waals surface area (Å²) in [6, 6.07) is 34.0. The lowest BCUT2D eigenvalue weighted by atomic mass is 9.82. The van der Waals surface area contributed by atoms with Crippen molar-refractivity contribution in [2.75, 3.05) is 0 Å². The molecule has 0 saturated carbocycles. The first-order chi connectivity index (χ1) is 20.9. The van der Waals surface area contributed by atoms with Gasteiger partial charge in [0.1, 0.15) is 0 Å². The first kappa shape index (κ1) is 26.4. The van der Waals surface area contributed by atoms with Gasteiger partial charge in [-0.3, -0.25) is 0 Å². The van der Waals surface area contributed by atoms with E-state index in [4.69, 9.17) is 0 Å². The van der Waals surface area contributed by atoms with E-state index in [1.165, 1.54) is 75.4 Å².